The molecule has 0 unspecified atom stereocenters. The van der Waals surface area contributed by atoms with Crippen LogP contribution in [-0.4, -0.2) is 51.9 Å². The van der Waals surface area contributed by atoms with Gasteiger partial charge in [-0.15, -0.1) is 0 Å². The van der Waals surface area contributed by atoms with Gasteiger partial charge in [0.2, 0.25) is 0 Å². The molecule has 1 heterocycles. The van der Waals surface area contributed by atoms with Gasteiger partial charge in [-0.2, -0.15) is 0 Å². The number of nitrogens with one attached hydrogen (secondary N) is 1. The summed E-state index contributed by atoms with van der Waals surface area (Å²) in [5, 5.41) is 3.14. The molecular formula is C21H26ClN3O3S. The third kappa shape index (κ3) is 4.74. The quantitative estimate of drug-likeness (QED) is 0.723. The molecule has 1 fully saturated rings. The number of carbonyl (C=O) groups excluding carboxylic acids is 1. The van der Waals surface area contributed by atoms with E-state index in [9.17, 15) is 13.2 Å². The normalized spacial score (nSPS) is 17.3. The summed E-state index contributed by atoms with van der Waals surface area (Å²) in [7, 11) is -2.34. The van der Waals surface area contributed by atoms with Crippen LogP contribution >= 0.6 is 11.6 Å². The Kier molecular flexibility index (Phi) is 6.82. The molecule has 8 heteroatoms. The number of sulfonamides is 1. The summed E-state index contributed by atoms with van der Waals surface area (Å²) in [6.07, 6.45) is 2.16. The molecule has 1 amide bonds. The number of carbonyl (C=O) groups is 1. The van der Waals surface area contributed by atoms with Crippen molar-refractivity contribution in [3.8, 4) is 0 Å². The van der Waals surface area contributed by atoms with Gasteiger partial charge in [-0.05, 0) is 56.3 Å². The first-order valence-corrected chi connectivity index (χ1v) is 11.5. The van der Waals surface area contributed by atoms with Crippen LogP contribution in [0.25, 0.3) is 0 Å². The predicted molar refractivity (Wildman–Crippen MR) is 116 cm³/mol. The highest BCUT2D eigenvalue weighted by Gasteiger charge is 2.26. The van der Waals surface area contributed by atoms with Gasteiger partial charge in [-0.1, -0.05) is 36.7 Å². The number of hydrogen-bond donors (Lipinski definition) is 1. The molecule has 0 aromatic heterocycles. The Labute approximate surface area is 177 Å². The van der Waals surface area contributed by atoms with E-state index in [0.29, 0.717) is 18.3 Å². The Morgan fingerprint density at radius 2 is 1.97 bits per heavy atom. The molecule has 2 aromatic carbocycles. The SMILES string of the molecule is CCN1CCC[C@@H]1CNC(=O)c1cc(S(=O)(=O)N(C)c2ccccc2)ccc1Cl. The number of nitrogens with zero attached hydrogens (tertiary/aromatic N) is 2. The Hall–Kier alpha value is -2.09. The average molecular weight is 436 g/mol. The molecule has 156 valence electrons. The molecule has 6 nitrogen and oxygen atoms in total. The number of para-hydroxylation sites is 1. The van der Waals surface area contributed by atoms with Crippen molar-refractivity contribution in [3.63, 3.8) is 0 Å². The molecule has 1 atom stereocenters. The van der Waals surface area contributed by atoms with Gasteiger partial charge in [-0.3, -0.25) is 14.0 Å². The van der Waals surface area contributed by atoms with Crippen molar-refractivity contribution in [1.29, 1.82) is 0 Å². The first-order valence-electron chi connectivity index (χ1n) is 9.70. The Bertz CT molecular complexity index is 966. The van der Waals surface area contributed by atoms with E-state index in [4.69, 9.17) is 11.6 Å². The summed E-state index contributed by atoms with van der Waals surface area (Å²) in [5.41, 5.74) is 0.699. The van der Waals surface area contributed by atoms with Crippen LogP contribution in [0.5, 0.6) is 0 Å². The minimum Gasteiger partial charge on any atom is -0.350 e. The van der Waals surface area contributed by atoms with Gasteiger partial charge in [0.1, 0.15) is 0 Å². The summed E-state index contributed by atoms with van der Waals surface area (Å²) in [5.74, 6) is -0.364. The fourth-order valence-corrected chi connectivity index (χ4v) is 5.05. The van der Waals surface area contributed by atoms with Gasteiger partial charge in [-0.25, -0.2) is 8.42 Å². The monoisotopic (exact) mass is 435 g/mol. The van der Waals surface area contributed by atoms with E-state index in [1.807, 2.05) is 6.07 Å². The second-order valence-corrected chi connectivity index (χ2v) is 9.46. The first-order chi connectivity index (χ1) is 13.8. The van der Waals surface area contributed by atoms with Crippen LogP contribution in [0.15, 0.2) is 53.4 Å². The molecule has 0 spiro atoms. The average Bonchev–Trinajstić information content (AvgIpc) is 3.19. The molecule has 1 aliphatic heterocycles. The van der Waals surface area contributed by atoms with Crippen molar-refractivity contribution < 1.29 is 13.2 Å². The molecule has 3 rings (SSSR count). The second kappa shape index (κ2) is 9.15. The zero-order chi connectivity index (χ0) is 21.0. The zero-order valence-electron chi connectivity index (χ0n) is 16.6. The lowest BCUT2D eigenvalue weighted by molar-refractivity contribution is 0.0941. The van der Waals surface area contributed by atoms with Crippen LogP contribution in [0.3, 0.4) is 0 Å². The van der Waals surface area contributed by atoms with Crippen LogP contribution in [-0.2, 0) is 10.0 Å². The maximum atomic E-state index is 13.0. The summed E-state index contributed by atoms with van der Waals surface area (Å²) < 4.78 is 27.2. The van der Waals surface area contributed by atoms with Gasteiger partial charge >= 0.3 is 0 Å². The van der Waals surface area contributed by atoms with Crippen molar-refractivity contribution in [2.75, 3.05) is 31.0 Å². The van der Waals surface area contributed by atoms with Crippen LogP contribution in [0.4, 0.5) is 5.69 Å². The fraction of sp³-hybridized carbons (Fsp3) is 0.381. The van der Waals surface area contributed by atoms with Crippen molar-refractivity contribution in [3.05, 3.63) is 59.1 Å². The summed E-state index contributed by atoms with van der Waals surface area (Å²) in [4.78, 5) is 15.1. The minimum atomic E-state index is -3.82. The van der Waals surface area contributed by atoms with E-state index in [0.717, 1.165) is 25.9 Å². The maximum Gasteiger partial charge on any atom is 0.264 e. The topological polar surface area (TPSA) is 69.7 Å². The number of likely N-dealkylation sites (N-methyl/N-ethyl adjacent to an activating group) is 1. The van der Waals surface area contributed by atoms with E-state index >= 15 is 0 Å². The Balaban J connectivity index is 1.79. The highest BCUT2D eigenvalue weighted by atomic mass is 35.5. The number of amides is 1. The lowest BCUT2D eigenvalue weighted by Crippen LogP contribution is -2.40. The van der Waals surface area contributed by atoms with Gasteiger partial charge in [0.15, 0.2) is 0 Å². The van der Waals surface area contributed by atoms with E-state index in [-0.39, 0.29) is 21.4 Å². The summed E-state index contributed by atoms with van der Waals surface area (Å²) >= 11 is 6.21. The smallest absolute Gasteiger partial charge is 0.264 e. The largest absolute Gasteiger partial charge is 0.350 e. The maximum absolute atomic E-state index is 13.0. The van der Waals surface area contributed by atoms with Crippen LogP contribution in [0.1, 0.15) is 30.1 Å². The van der Waals surface area contributed by atoms with Gasteiger partial charge in [0.05, 0.1) is 21.2 Å². The van der Waals surface area contributed by atoms with E-state index < -0.39 is 10.0 Å². The van der Waals surface area contributed by atoms with Gasteiger partial charge in [0, 0.05) is 19.6 Å². The number of halogens is 1. The lowest BCUT2D eigenvalue weighted by Gasteiger charge is -2.23. The number of benzene rings is 2. The number of anilines is 1. The number of rotatable bonds is 7. The zero-order valence-corrected chi connectivity index (χ0v) is 18.2. The fourth-order valence-electron chi connectivity index (χ4n) is 3.62. The molecule has 1 N–H and O–H groups in total. The predicted octanol–water partition coefficient (Wildman–Crippen LogP) is 3.38. The third-order valence-electron chi connectivity index (χ3n) is 5.36. The van der Waals surface area contributed by atoms with Crippen LogP contribution < -0.4 is 9.62 Å². The summed E-state index contributed by atoms with van der Waals surface area (Å²) in [6, 6.07) is 13.3. The van der Waals surface area contributed by atoms with Crippen molar-refractivity contribution >= 4 is 33.2 Å². The van der Waals surface area contributed by atoms with Crippen molar-refractivity contribution in [2.45, 2.75) is 30.7 Å². The van der Waals surface area contributed by atoms with E-state index in [1.54, 1.807) is 24.3 Å². The highest BCUT2D eigenvalue weighted by Crippen LogP contribution is 2.26. The number of likely N-dealkylation sites (tertiary alicyclic amines) is 1. The number of hydrogen-bond acceptors (Lipinski definition) is 4. The molecule has 0 bridgehead atoms. The summed E-state index contributed by atoms with van der Waals surface area (Å²) in [6.45, 7) is 4.61. The molecule has 1 saturated heterocycles. The van der Waals surface area contributed by atoms with Crippen molar-refractivity contribution in [1.82, 2.24) is 10.2 Å². The van der Waals surface area contributed by atoms with Gasteiger partial charge < -0.3 is 5.32 Å². The van der Waals surface area contributed by atoms with Crippen molar-refractivity contribution in [2.24, 2.45) is 0 Å². The standard InChI is InChI=1S/C21H26ClN3O3S/c1-3-25-13-7-10-17(25)15-23-21(26)19-14-18(11-12-20(19)22)29(27,28)24(2)16-8-5-4-6-9-16/h4-6,8-9,11-12,14,17H,3,7,10,13,15H2,1-2H3,(H,23,26)/t17-/m1/s1. The van der Waals surface area contributed by atoms with E-state index in [1.165, 1.54) is 29.6 Å². The Morgan fingerprint density at radius 3 is 2.66 bits per heavy atom. The van der Waals surface area contributed by atoms with Crippen LogP contribution in [0, 0.1) is 0 Å². The molecule has 29 heavy (non-hydrogen) atoms. The molecule has 2 aromatic rings. The molecule has 1 aliphatic rings. The molecular weight excluding hydrogens is 410 g/mol. The second-order valence-electron chi connectivity index (χ2n) is 7.08. The van der Waals surface area contributed by atoms with E-state index in [2.05, 4.69) is 17.1 Å². The highest BCUT2D eigenvalue weighted by molar-refractivity contribution is 7.92. The van der Waals surface area contributed by atoms with Gasteiger partial charge in [0.25, 0.3) is 15.9 Å². The van der Waals surface area contributed by atoms with Crippen LogP contribution in [0.2, 0.25) is 5.02 Å². The first kappa shape index (κ1) is 21.6. The minimum absolute atomic E-state index is 0.0226. The Morgan fingerprint density at radius 1 is 1.24 bits per heavy atom. The third-order valence-corrected chi connectivity index (χ3v) is 7.48. The molecule has 0 radical (unpaired) electrons. The molecule has 0 aliphatic carbocycles. The molecule has 0 saturated carbocycles. The lowest BCUT2D eigenvalue weighted by atomic mass is 10.2.